The molecule has 0 aliphatic carbocycles. The first kappa shape index (κ1) is 16.8. The Morgan fingerprint density at radius 3 is 2.81 bits per heavy atom. The van der Waals surface area contributed by atoms with Crippen LogP contribution in [0.25, 0.3) is 22.3 Å². The maximum Gasteiger partial charge on any atom is 0.251 e. The highest BCUT2D eigenvalue weighted by atomic mass is 16.5. The van der Waals surface area contributed by atoms with Crippen molar-refractivity contribution in [2.24, 2.45) is 7.05 Å². The number of hydrogen-bond acceptors (Lipinski definition) is 6. The van der Waals surface area contributed by atoms with Crippen molar-refractivity contribution in [1.29, 1.82) is 0 Å². The van der Waals surface area contributed by atoms with Crippen LogP contribution in [0, 0.1) is 0 Å². The zero-order valence-electron chi connectivity index (χ0n) is 14.8. The van der Waals surface area contributed by atoms with Gasteiger partial charge in [-0.1, -0.05) is 35.5 Å². The lowest BCUT2D eigenvalue weighted by atomic mass is 10.1. The number of hydrogen-bond donors (Lipinski definition) is 1. The van der Waals surface area contributed by atoms with Crippen molar-refractivity contribution < 1.29 is 14.1 Å². The SMILES string of the molecule is COc1c2ccc(C(=O)NCc3nc(-c4ccccc4)no3)cc2nn1C. The second-order valence-electron chi connectivity index (χ2n) is 5.93. The number of fused-ring (bicyclic) bond motifs is 1. The van der Waals surface area contributed by atoms with Crippen LogP contribution >= 0.6 is 0 Å². The molecule has 27 heavy (non-hydrogen) atoms. The topological polar surface area (TPSA) is 95.1 Å². The van der Waals surface area contributed by atoms with Gasteiger partial charge in [-0.3, -0.25) is 4.79 Å². The highest BCUT2D eigenvalue weighted by molar-refractivity contribution is 5.98. The number of carbonyl (C=O) groups is 1. The van der Waals surface area contributed by atoms with Crippen molar-refractivity contribution in [1.82, 2.24) is 25.2 Å². The third-order valence-corrected chi connectivity index (χ3v) is 4.14. The molecule has 0 radical (unpaired) electrons. The number of nitrogens with zero attached hydrogens (tertiary/aromatic N) is 4. The Kier molecular flexibility index (Phi) is 4.29. The quantitative estimate of drug-likeness (QED) is 0.585. The maximum atomic E-state index is 12.4. The van der Waals surface area contributed by atoms with Crippen LogP contribution in [0.2, 0.25) is 0 Å². The predicted octanol–water partition coefficient (Wildman–Crippen LogP) is 2.56. The van der Waals surface area contributed by atoms with Crippen molar-refractivity contribution >= 4 is 16.8 Å². The van der Waals surface area contributed by atoms with Crippen molar-refractivity contribution in [3.63, 3.8) is 0 Å². The van der Waals surface area contributed by atoms with Crippen LogP contribution < -0.4 is 10.1 Å². The zero-order valence-corrected chi connectivity index (χ0v) is 14.8. The molecule has 0 aliphatic heterocycles. The van der Waals surface area contributed by atoms with Crippen LogP contribution in [0.5, 0.6) is 5.88 Å². The van der Waals surface area contributed by atoms with Gasteiger partial charge in [0.2, 0.25) is 17.6 Å². The molecule has 4 rings (SSSR count). The summed E-state index contributed by atoms with van der Waals surface area (Å²) in [5, 5.41) is 11.9. The lowest BCUT2D eigenvalue weighted by Crippen LogP contribution is -2.22. The molecule has 0 fully saturated rings. The van der Waals surface area contributed by atoms with Gasteiger partial charge in [-0.2, -0.15) is 10.1 Å². The Labute approximate surface area is 154 Å². The molecule has 4 aromatic rings. The third-order valence-electron chi connectivity index (χ3n) is 4.14. The van der Waals surface area contributed by atoms with Gasteiger partial charge < -0.3 is 14.6 Å². The molecule has 1 N–H and O–H groups in total. The smallest absolute Gasteiger partial charge is 0.251 e. The van der Waals surface area contributed by atoms with Crippen molar-refractivity contribution in [3.05, 3.63) is 60.0 Å². The van der Waals surface area contributed by atoms with E-state index < -0.39 is 0 Å². The summed E-state index contributed by atoms with van der Waals surface area (Å²) in [6, 6.07) is 14.8. The first-order valence-corrected chi connectivity index (χ1v) is 8.32. The Bertz CT molecular complexity index is 1100. The molecule has 1 amide bonds. The molecule has 0 atom stereocenters. The maximum absolute atomic E-state index is 12.4. The Balaban J connectivity index is 1.47. The number of nitrogens with one attached hydrogen (secondary N) is 1. The van der Waals surface area contributed by atoms with Crippen molar-refractivity contribution in [2.75, 3.05) is 7.11 Å². The number of aromatic nitrogens is 4. The van der Waals surface area contributed by atoms with Gasteiger partial charge in [-0.05, 0) is 18.2 Å². The molecule has 0 bridgehead atoms. The Hall–Kier alpha value is -3.68. The summed E-state index contributed by atoms with van der Waals surface area (Å²) in [6.45, 7) is 0.141. The monoisotopic (exact) mass is 363 g/mol. The molecule has 0 saturated heterocycles. The second-order valence-corrected chi connectivity index (χ2v) is 5.93. The van der Waals surface area contributed by atoms with E-state index in [1.165, 1.54) is 0 Å². The minimum absolute atomic E-state index is 0.141. The van der Waals surface area contributed by atoms with Crippen LogP contribution in [0.15, 0.2) is 53.1 Å². The molecule has 136 valence electrons. The van der Waals surface area contributed by atoms with Gasteiger partial charge in [0.25, 0.3) is 5.91 Å². The highest BCUT2D eigenvalue weighted by Crippen LogP contribution is 2.25. The van der Waals surface area contributed by atoms with Crippen LogP contribution in [0.3, 0.4) is 0 Å². The zero-order chi connectivity index (χ0) is 18.8. The van der Waals surface area contributed by atoms with Gasteiger partial charge >= 0.3 is 0 Å². The summed E-state index contributed by atoms with van der Waals surface area (Å²) in [7, 11) is 3.38. The molecule has 2 heterocycles. The summed E-state index contributed by atoms with van der Waals surface area (Å²) in [5.74, 6) is 1.22. The van der Waals surface area contributed by atoms with Crippen molar-refractivity contribution in [3.8, 4) is 17.3 Å². The highest BCUT2D eigenvalue weighted by Gasteiger charge is 2.14. The van der Waals surface area contributed by atoms with E-state index in [1.807, 2.05) is 36.4 Å². The number of benzene rings is 2. The lowest BCUT2D eigenvalue weighted by molar-refractivity contribution is 0.0946. The fourth-order valence-corrected chi connectivity index (χ4v) is 2.85. The normalized spacial score (nSPS) is 10.9. The number of methoxy groups -OCH3 is 1. The van der Waals surface area contributed by atoms with E-state index >= 15 is 0 Å². The van der Waals surface area contributed by atoms with E-state index in [0.29, 0.717) is 28.7 Å². The number of amides is 1. The molecular weight excluding hydrogens is 346 g/mol. The average molecular weight is 363 g/mol. The van der Waals surface area contributed by atoms with E-state index in [9.17, 15) is 4.79 Å². The standard InChI is InChI=1S/C19H17N5O3/c1-24-19(26-2)14-9-8-13(10-15(14)22-24)18(25)20-11-16-21-17(23-27-16)12-6-4-3-5-7-12/h3-10H,11H2,1-2H3,(H,20,25). The Morgan fingerprint density at radius 2 is 2.04 bits per heavy atom. The van der Waals surface area contributed by atoms with Gasteiger partial charge in [-0.25, -0.2) is 4.68 Å². The fraction of sp³-hybridized carbons (Fsp3) is 0.158. The van der Waals surface area contributed by atoms with E-state index in [-0.39, 0.29) is 12.5 Å². The molecule has 2 aromatic heterocycles. The molecule has 0 spiro atoms. The Morgan fingerprint density at radius 1 is 1.22 bits per heavy atom. The largest absolute Gasteiger partial charge is 0.481 e. The van der Waals surface area contributed by atoms with Gasteiger partial charge in [0, 0.05) is 18.2 Å². The first-order valence-electron chi connectivity index (χ1n) is 8.32. The summed E-state index contributed by atoms with van der Waals surface area (Å²) < 4.78 is 12.2. The van der Waals surface area contributed by atoms with Crippen LogP contribution in [0.1, 0.15) is 16.2 Å². The molecule has 8 heteroatoms. The van der Waals surface area contributed by atoms with Gasteiger partial charge in [0.05, 0.1) is 24.6 Å². The molecule has 8 nitrogen and oxygen atoms in total. The average Bonchev–Trinajstić information content (AvgIpc) is 3.29. The predicted molar refractivity (Wildman–Crippen MR) is 98.2 cm³/mol. The fourth-order valence-electron chi connectivity index (χ4n) is 2.85. The summed E-state index contributed by atoms with van der Waals surface area (Å²) >= 11 is 0. The summed E-state index contributed by atoms with van der Waals surface area (Å²) in [4.78, 5) is 16.7. The molecule has 0 saturated carbocycles. The first-order chi connectivity index (χ1) is 13.2. The molecule has 0 aliphatic rings. The number of carbonyl (C=O) groups excluding carboxylic acids is 1. The van der Waals surface area contributed by atoms with Crippen LogP contribution in [0.4, 0.5) is 0 Å². The van der Waals surface area contributed by atoms with Gasteiger partial charge in [-0.15, -0.1) is 0 Å². The number of aryl methyl sites for hydroxylation is 1. The minimum atomic E-state index is -0.249. The van der Waals surface area contributed by atoms with Crippen LogP contribution in [-0.2, 0) is 13.6 Å². The van der Waals surface area contributed by atoms with E-state index in [0.717, 1.165) is 10.9 Å². The number of rotatable bonds is 5. The minimum Gasteiger partial charge on any atom is -0.481 e. The second kappa shape index (κ2) is 6.91. The molecule has 2 aromatic carbocycles. The van der Waals surface area contributed by atoms with E-state index in [1.54, 1.807) is 31.0 Å². The van der Waals surface area contributed by atoms with E-state index in [4.69, 9.17) is 9.26 Å². The van der Waals surface area contributed by atoms with Crippen molar-refractivity contribution in [2.45, 2.75) is 6.54 Å². The van der Waals surface area contributed by atoms with Gasteiger partial charge in [0.1, 0.15) is 0 Å². The number of ether oxygens (including phenoxy) is 1. The van der Waals surface area contributed by atoms with Gasteiger partial charge in [0.15, 0.2) is 0 Å². The molecule has 0 unspecified atom stereocenters. The lowest BCUT2D eigenvalue weighted by Gasteiger charge is -2.02. The molecular formula is C19H17N5O3. The summed E-state index contributed by atoms with van der Waals surface area (Å²) in [6.07, 6.45) is 0. The van der Waals surface area contributed by atoms with Crippen LogP contribution in [-0.4, -0.2) is 32.9 Å². The van der Waals surface area contributed by atoms with E-state index in [2.05, 4.69) is 20.6 Å². The summed E-state index contributed by atoms with van der Waals surface area (Å²) in [5.41, 5.74) is 2.03. The third kappa shape index (κ3) is 3.24.